The van der Waals surface area contributed by atoms with Crippen molar-refractivity contribution in [3.05, 3.63) is 41.7 Å². The van der Waals surface area contributed by atoms with E-state index in [2.05, 4.69) is 14.7 Å². The molecule has 0 aliphatic heterocycles. The van der Waals surface area contributed by atoms with Crippen molar-refractivity contribution in [1.82, 2.24) is 9.97 Å². The van der Waals surface area contributed by atoms with Gasteiger partial charge in [0, 0.05) is 0 Å². The SMILES string of the molecule is COc1ncc(NS(=O)(=O)c2ccc(C)c(C)c2)cn1. The quantitative estimate of drug-likeness (QED) is 0.931. The number of sulfonamides is 1. The van der Waals surface area contributed by atoms with Crippen LogP contribution in [-0.2, 0) is 10.0 Å². The average molecular weight is 293 g/mol. The third-order valence-electron chi connectivity index (χ3n) is 2.85. The molecule has 7 heteroatoms. The summed E-state index contributed by atoms with van der Waals surface area (Å²) in [5, 5.41) is 0. The lowest BCUT2D eigenvalue weighted by molar-refractivity contribution is 0.380. The third kappa shape index (κ3) is 3.05. The summed E-state index contributed by atoms with van der Waals surface area (Å²) in [5.74, 6) is 0. The van der Waals surface area contributed by atoms with Gasteiger partial charge in [-0.3, -0.25) is 4.72 Å². The fourth-order valence-corrected chi connectivity index (χ4v) is 2.68. The second kappa shape index (κ2) is 5.46. The standard InChI is InChI=1S/C13H15N3O3S/c1-9-4-5-12(6-10(9)2)20(17,18)16-11-7-14-13(19-3)15-8-11/h4-8,16H,1-3H3. The number of aromatic nitrogens is 2. The number of anilines is 1. The zero-order valence-corrected chi connectivity index (χ0v) is 12.2. The zero-order chi connectivity index (χ0) is 14.8. The molecular weight excluding hydrogens is 278 g/mol. The van der Waals surface area contributed by atoms with Gasteiger partial charge in [0.2, 0.25) is 0 Å². The van der Waals surface area contributed by atoms with Gasteiger partial charge in [-0.25, -0.2) is 18.4 Å². The van der Waals surface area contributed by atoms with Crippen molar-refractivity contribution in [2.24, 2.45) is 0 Å². The molecule has 6 nitrogen and oxygen atoms in total. The number of ether oxygens (including phenoxy) is 1. The van der Waals surface area contributed by atoms with Gasteiger partial charge in [0.15, 0.2) is 0 Å². The number of benzene rings is 1. The van der Waals surface area contributed by atoms with E-state index in [0.29, 0.717) is 0 Å². The molecule has 0 fully saturated rings. The molecule has 0 radical (unpaired) electrons. The molecular formula is C13H15N3O3S. The number of nitrogens with one attached hydrogen (secondary N) is 1. The first-order valence-corrected chi connectivity index (χ1v) is 7.37. The largest absolute Gasteiger partial charge is 0.467 e. The van der Waals surface area contributed by atoms with Gasteiger partial charge < -0.3 is 4.74 Å². The summed E-state index contributed by atoms with van der Waals surface area (Å²) in [4.78, 5) is 7.90. The summed E-state index contributed by atoms with van der Waals surface area (Å²) in [7, 11) is -2.20. The topological polar surface area (TPSA) is 81.2 Å². The van der Waals surface area contributed by atoms with Crippen LogP contribution in [0.2, 0.25) is 0 Å². The average Bonchev–Trinajstić information content (AvgIpc) is 2.42. The molecule has 1 aromatic carbocycles. The van der Waals surface area contributed by atoms with Crippen LogP contribution in [0.1, 0.15) is 11.1 Å². The molecule has 0 aliphatic rings. The summed E-state index contributed by atoms with van der Waals surface area (Å²) in [6, 6.07) is 5.14. The molecule has 0 saturated carbocycles. The van der Waals surface area contributed by atoms with E-state index in [0.717, 1.165) is 11.1 Å². The van der Waals surface area contributed by atoms with Gasteiger partial charge in [0.25, 0.3) is 10.0 Å². The Morgan fingerprint density at radius 2 is 1.75 bits per heavy atom. The van der Waals surface area contributed by atoms with Crippen LogP contribution < -0.4 is 9.46 Å². The Bertz CT molecular complexity index is 712. The first-order valence-electron chi connectivity index (χ1n) is 5.88. The molecule has 2 aromatic rings. The number of methoxy groups -OCH3 is 1. The van der Waals surface area contributed by atoms with E-state index in [1.807, 2.05) is 13.8 Å². The van der Waals surface area contributed by atoms with Crippen LogP contribution in [0, 0.1) is 13.8 Å². The maximum absolute atomic E-state index is 12.2. The molecule has 0 spiro atoms. The highest BCUT2D eigenvalue weighted by atomic mass is 32.2. The van der Waals surface area contributed by atoms with Gasteiger partial charge >= 0.3 is 6.01 Å². The molecule has 20 heavy (non-hydrogen) atoms. The lowest BCUT2D eigenvalue weighted by atomic mass is 10.1. The van der Waals surface area contributed by atoms with Crippen molar-refractivity contribution in [1.29, 1.82) is 0 Å². The highest BCUT2D eigenvalue weighted by molar-refractivity contribution is 7.92. The first-order chi connectivity index (χ1) is 9.42. The van der Waals surface area contributed by atoms with Crippen LogP contribution in [0.3, 0.4) is 0 Å². The Morgan fingerprint density at radius 1 is 1.10 bits per heavy atom. The summed E-state index contributed by atoms with van der Waals surface area (Å²) in [6.07, 6.45) is 2.70. The first kappa shape index (κ1) is 14.3. The summed E-state index contributed by atoms with van der Waals surface area (Å²) < 4.78 is 31.7. The smallest absolute Gasteiger partial charge is 0.316 e. The van der Waals surface area contributed by atoms with Crippen molar-refractivity contribution < 1.29 is 13.2 Å². The number of aryl methyl sites for hydroxylation is 2. The predicted octanol–water partition coefficient (Wildman–Crippen LogP) is 1.90. The Labute approximate surface area is 117 Å². The van der Waals surface area contributed by atoms with Crippen molar-refractivity contribution in [3.63, 3.8) is 0 Å². The molecule has 0 amide bonds. The number of hydrogen-bond acceptors (Lipinski definition) is 5. The molecule has 0 aliphatic carbocycles. The molecule has 0 bridgehead atoms. The maximum atomic E-state index is 12.2. The van der Waals surface area contributed by atoms with Crippen molar-refractivity contribution in [2.45, 2.75) is 18.7 Å². The maximum Gasteiger partial charge on any atom is 0.316 e. The van der Waals surface area contributed by atoms with Crippen molar-refractivity contribution >= 4 is 15.7 Å². The van der Waals surface area contributed by atoms with E-state index in [1.165, 1.54) is 19.5 Å². The van der Waals surface area contributed by atoms with E-state index in [9.17, 15) is 8.42 Å². The molecule has 1 heterocycles. The number of nitrogens with zero attached hydrogens (tertiary/aromatic N) is 2. The van der Waals surface area contributed by atoms with Gasteiger partial charge in [0.05, 0.1) is 30.1 Å². The molecule has 1 aromatic heterocycles. The summed E-state index contributed by atoms with van der Waals surface area (Å²) >= 11 is 0. The lowest BCUT2D eigenvalue weighted by Gasteiger charge is -2.09. The van der Waals surface area contributed by atoms with Crippen molar-refractivity contribution in [2.75, 3.05) is 11.8 Å². The number of hydrogen-bond donors (Lipinski definition) is 1. The monoisotopic (exact) mass is 293 g/mol. The van der Waals surface area contributed by atoms with Gasteiger partial charge in [-0.15, -0.1) is 0 Å². The van der Waals surface area contributed by atoms with Crippen LogP contribution in [-0.4, -0.2) is 25.5 Å². The van der Waals surface area contributed by atoms with Gasteiger partial charge in [-0.2, -0.15) is 0 Å². The Hall–Kier alpha value is -2.15. The zero-order valence-electron chi connectivity index (χ0n) is 11.4. The second-order valence-corrected chi connectivity index (χ2v) is 5.99. The minimum absolute atomic E-state index is 0.180. The fourth-order valence-electron chi connectivity index (χ4n) is 1.57. The van der Waals surface area contributed by atoms with E-state index < -0.39 is 10.0 Å². The molecule has 0 saturated heterocycles. The molecule has 0 atom stereocenters. The molecule has 0 unspecified atom stereocenters. The summed E-state index contributed by atoms with van der Waals surface area (Å²) in [5.41, 5.74) is 2.24. The van der Waals surface area contributed by atoms with E-state index in [4.69, 9.17) is 4.74 Å². The summed E-state index contributed by atoms with van der Waals surface area (Å²) in [6.45, 7) is 3.79. The minimum Gasteiger partial charge on any atom is -0.467 e. The highest BCUT2D eigenvalue weighted by Crippen LogP contribution is 2.18. The van der Waals surface area contributed by atoms with E-state index in [-0.39, 0.29) is 16.6 Å². The molecule has 106 valence electrons. The third-order valence-corrected chi connectivity index (χ3v) is 4.23. The predicted molar refractivity (Wildman–Crippen MR) is 75.3 cm³/mol. The molecule has 1 N–H and O–H groups in total. The minimum atomic E-state index is -3.64. The van der Waals surface area contributed by atoms with Crippen molar-refractivity contribution in [3.8, 4) is 6.01 Å². The van der Waals surface area contributed by atoms with Crippen LogP contribution in [0.4, 0.5) is 5.69 Å². The van der Waals surface area contributed by atoms with Crippen LogP contribution in [0.5, 0.6) is 6.01 Å². The van der Waals surface area contributed by atoms with E-state index in [1.54, 1.807) is 18.2 Å². The van der Waals surface area contributed by atoms with Gasteiger partial charge in [0.1, 0.15) is 0 Å². The Kier molecular flexibility index (Phi) is 3.89. The highest BCUT2D eigenvalue weighted by Gasteiger charge is 2.15. The van der Waals surface area contributed by atoms with Crippen LogP contribution in [0.25, 0.3) is 0 Å². The van der Waals surface area contributed by atoms with Gasteiger partial charge in [-0.1, -0.05) is 6.07 Å². The Balaban J connectivity index is 2.27. The van der Waals surface area contributed by atoms with Crippen LogP contribution in [0.15, 0.2) is 35.5 Å². The fraction of sp³-hybridized carbons (Fsp3) is 0.231. The second-order valence-electron chi connectivity index (χ2n) is 4.31. The molecule has 2 rings (SSSR count). The van der Waals surface area contributed by atoms with Crippen LogP contribution >= 0.6 is 0 Å². The Morgan fingerprint density at radius 3 is 2.30 bits per heavy atom. The van der Waals surface area contributed by atoms with Gasteiger partial charge in [-0.05, 0) is 37.1 Å². The lowest BCUT2D eigenvalue weighted by Crippen LogP contribution is -2.13. The van der Waals surface area contributed by atoms with E-state index >= 15 is 0 Å². The number of rotatable bonds is 4. The normalized spacial score (nSPS) is 11.2.